The molecule has 2 rings (SSSR count). The molecule has 0 aromatic heterocycles. The molecule has 0 aliphatic heterocycles. The molecule has 20 heavy (non-hydrogen) atoms. The van der Waals surface area contributed by atoms with E-state index in [0.29, 0.717) is 18.9 Å². The lowest BCUT2D eigenvalue weighted by atomic mass is 9.77. The lowest BCUT2D eigenvalue weighted by molar-refractivity contribution is -0.144. The van der Waals surface area contributed by atoms with E-state index in [1.165, 1.54) is 12.1 Å². The molecule has 1 aromatic rings. The summed E-state index contributed by atoms with van der Waals surface area (Å²) in [4.78, 5) is 11.4. The maximum absolute atomic E-state index is 13.2. The highest BCUT2D eigenvalue weighted by Gasteiger charge is 2.25. The molecule has 0 heterocycles. The summed E-state index contributed by atoms with van der Waals surface area (Å²) in [6.45, 7) is 2.22. The number of rotatable bonds is 4. The van der Waals surface area contributed by atoms with Gasteiger partial charge in [-0.05, 0) is 62.1 Å². The number of halogens is 2. The van der Waals surface area contributed by atoms with E-state index in [9.17, 15) is 13.6 Å². The summed E-state index contributed by atoms with van der Waals surface area (Å²) in [6, 6.07) is 4.15. The molecular weight excluding hydrogens is 262 g/mol. The summed E-state index contributed by atoms with van der Waals surface area (Å²) >= 11 is 0. The van der Waals surface area contributed by atoms with Gasteiger partial charge in [-0.25, -0.2) is 8.78 Å². The van der Waals surface area contributed by atoms with Crippen LogP contribution in [0, 0.1) is 17.6 Å². The van der Waals surface area contributed by atoms with Crippen LogP contribution in [-0.2, 0) is 9.53 Å². The van der Waals surface area contributed by atoms with Crippen LogP contribution in [0.1, 0.15) is 50.5 Å². The van der Waals surface area contributed by atoms with Gasteiger partial charge >= 0.3 is 5.97 Å². The molecule has 0 unspecified atom stereocenters. The summed E-state index contributed by atoms with van der Waals surface area (Å²) in [5.41, 5.74) is 0.860. The standard InChI is InChI=1S/C16H20F2O2/c1-2-20-16(19)9-11-3-5-12(6-4-11)13-7-8-14(17)15(18)10-13/h7-8,10-12H,2-6,9H2,1H3. The quantitative estimate of drug-likeness (QED) is 0.774. The molecule has 0 N–H and O–H groups in total. The fourth-order valence-electron chi connectivity index (χ4n) is 2.92. The minimum atomic E-state index is -0.801. The van der Waals surface area contributed by atoms with Crippen LogP contribution >= 0.6 is 0 Å². The van der Waals surface area contributed by atoms with E-state index in [0.717, 1.165) is 31.2 Å². The predicted molar refractivity (Wildman–Crippen MR) is 72.3 cm³/mol. The molecular formula is C16H20F2O2. The number of hydrogen-bond acceptors (Lipinski definition) is 2. The van der Waals surface area contributed by atoms with Crippen molar-refractivity contribution in [1.82, 2.24) is 0 Å². The van der Waals surface area contributed by atoms with Crippen molar-refractivity contribution in [2.75, 3.05) is 6.61 Å². The monoisotopic (exact) mass is 282 g/mol. The van der Waals surface area contributed by atoms with E-state index < -0.39 is 11.6 Å². The van der Waals surface area contributed by atoms with Gasteiger partial charge in [0.1, 0.15) is 0 Å². The Morgan fingerprint density at radius 2 is 1.90 bits per heavy atom. The van der Waals surface area contributed by atoms with Gasteiger partial charge in [0.2, 0.25) is 0 Å². The minimum Gasteiger partial charge on any atom is -0.466 e. The van der Waals surface area contributed by atoms with Crippen LogP contribution < -0.4 is 0 Å². The Balaban J connectivity index is 1.87. The van der Waals surface area contributed by atoms with Crippen molar-refractivity contribution in [3.63, 3.8) is 0 Å². The Kier molecular flexibility index (Phi) is 5.10. The van der Waals surface area contributed by atoms with Gasteiger partial charge in [0.25, 0.3) is 0 Å². The molecule has 1 fully saturated rings. The van der Waals surface area contributed by atoms with Crippen molar-refractivity contribution in [3.05, 3.63) is 35.4 Å². The lowest BCUT2D eigenvalue weighted by Gasteiger charge is -2.28. The van der Waals surface area contributed by atoms with Crippen LogP contribution in [0.5, 0.6) is 0 Å². The summed E-state index contributed by atoms with van der Waals surface area (Å²) in [6.07, 6.45) is 4.16. The van der Waals surface area contributed by atoms with Gasteiger partial charge < -0.3 is 4.74 Å². The molecule has 4 heteroatoms. The maximum Gasteiger partial charge on any atom is 0.306 e. The number of hydrogen-bond donors (Lipinski definition) is 0. The fourth-order valence-corrected chi connectivity index (χ4v) is 2.92. The smallest absolute Gasteiger partial charge is 0.306 e. The molecule has 0 radical (unpaired) electrons. The Morgan fingerprint density at radius 3 is 2.50 bits per heavy atom. The average molecular weight is 282 g/mol. The predicted octanol–water partition coefficient (Wildman–Crippen LogP) is 4.19. The normalized spacial score (nSPS) is 22.6. The van der Waals surface area contributed by atoms with Crippen molar-refractivity contribution in [2.24, 2.45) is 5.92 Å². The summed E-state index contributed by atoms with van der Waals surface area (Å²) in [5.74, 6) is -1.09. The van der Waals surface area contributed by atoms with Gasteiger partial charge in [-0.2, -0.15) is 0 Å². The summed E-state index contributed by atoms with van der Waals surface area (Å²) in [7, 11) is 0. The molecule has 110 valence electrons. The zero-order valence-corrected chi connectivity index (χ0v) is 11.7. The first-order valence-corrected chi connectivity index (χ1v) is 7.20. The zero-order valence-electron chi connectivity index (χ0n) is 11.7. The van der Waals surface area contributed by atoms with Crippen LogP contribution in [0.15, 0.2) is 18.2 Å². The topological polar surface area (TPSA) is 26.3 Å². The highest BCUT2D eigenvalue weighted by atomic mass is 19.2. The summed E-state index contributed by atoms with van der Waals surface area (Å²) < 4.78 is 31.1. The van der Waals surface area contributed by atoms with E-state index in [-0.39, 0.29) is 11.9 Å². The summed E-state index contributed by atoms with van der Waals surface area (Å²) in [5, 5.41) is 0. The molecule has 1 aliphatic carbocycles. The maximum atomic E-state index is 13.2. The number of carbonyl (C=O) groups excluding carboxylic acids is 1. The molecule has 0 spiro atoms. The number of esters is 1. The highest BCUT2D eigenvalue weighted by molar-refractivity contribution is 5.69. The third kappa shape index (κ3) is 3.78. The molecule has 2 nitrogen and oxygen atoms in total. The Morgan fingerprint density at radius 1 is 1.20 bits per heavy atom. The van der Waals surface area contributed by atoms with Gasteiger partial charge in [-0.3, -0.25) is 4.79 Å². The first-order chi connectivity index (χ1) is 9.60. The van der Waals surface area contributed by atoms with Crippen LogP contribution in [0.25, 0.3) is 0 Å². The number of ether oxygens (including phenoxy) is 1. The lowest BCUT2D eigenvalue weighted by Crippen LogP contribution is -2.18. The van der Waals surface area contributed by atoms with E-state index >= 15 is 0 Å². The van der Waals surface area contributed by atoms with Gasteiger partial charge in [0, 0.05) is 6.42 Å². The van der Waals surface area contributed by atoms with Crippen molar-refractivity contribution in [3.8, 4) is 0 Å². The molecule has 1 aromatic carbocycles. The Bertz CT molecular complexity index is 466. The first-order valence-electron chi connectivity index (χ1n) is 7.20. The van der Waals surface area contributed by atoms with E-state index in [1.54, 1.807) is 13.0 Å². The second kappa shape index (κ2) is 6.82. The van der Waals surface area contributed by atoms with Crippen molar-refractivity contribution >= 4 is 5.97 Å². The highest BCUT2D eigenvalue weighted by Crippen LogP contribution is 2.37. The van der Waals surface area contributed by atoms with Crippen LogP contribution in [0.2, 0.25) is 0 Å². The fraction of sp³-hybridized carbons (Fsp3) is 0.562. The minimum absolute atomic E-state index is 0.135. The Labute approximate surface area is 118 Å². The third-order valence-corrected chi connectivity index (χ3v) is 4.02. The molecule has 0 amide bonds. The van der Waals surface area contributed by atoms with Gasteiger partial charge in [0.15, 0.2) is 11.6 Å². The molecule has 1 aliphatic rings. The molecule has 0 saturated heterocycles. The van der Waals surface area contributed by atoms with Crippen LogP contribution in [0.3, 0.4) is 0 Å². The first kappa shape index (κ1) is 14.9. The Hall–Kier alpha value is -1.45. The third-order valence-electron chi connectivity index (χ3n) is 4.02. The molecule has 0 bridgehead atoms. The zero-order chi connectivity index (χ0) is 14.5. The van der Waals surface area contributed by atoms with E-state index in [2.05, 4.69) is 0 Å². The largest absolute Gasteiger partial charge is 0.466 e. The van der Waals surface area contributed by atoms with E-state index in [4.69, 9.17) is 4.74 Å². The van der Waals surface area contributed by atoms with E-state index in [1.807, 2.05) is 0 Å². The van der Waals surface area contributed by atoms with Crippen molar-refractivity contribution in [2.45, 2.75) is 44.9 Å². The van der Waals surface area contributed by atoms with Gasteiger partial charge in [-0.1, -0.05) is 6.07 Å². The van der Waals surface area contributed by atoms with Crippen molar-refractivity contribution in [1.29, 1.82) is 0 Å². The van der Waals surface area contributed by atoms with Crippen molar-refractivity contribution < 1.29 is 18.3 Å². The van der Waals surface area contributed by atoms with Crippen LogP contribution in [0.4, 0.5) is 8.78 Å². The van der Waals surface area contributed by atoms with Gasteiger partial charge in [-0.15, -0.1) is 0 Å². The second-order valence-corrected chi connectivity index (χ2v) is 5.40. The molecule has 1 saturated carbocycles. The van der Waals surface area contributed by atoms with Crippen LogP contribution in [-0.4, -0.2) is 12.6 Å². The average Bonchev–Trinajstić information content (AvgIpc) is 2.43. The molecule has 0 atom stereocenters. The SMILES string of the molecule is CCOC(=O)CC1CCC(c2ccc(F)c(F)c2)CC1. The number of benzene rings is 1. The number of carbonyl (C=O) groups is 1. The van der Waals surface area contributed by atoms with Gasteiger partial charge in [0.05, 0.1) is 6.61 Å². The second-order valence-electron chi connectivity index (χ2n) is 5.40.